The molecule has 0 aliphatic rings. The summed E-state index contributed by atoms with van der Waals surface area (Å²) in [6.45, 7) is 4.77. The van der Waals surface area contributed by atoms with E-state index in [1.807, 2.05) is 18.5 Å². The zero-order chi connectivity index (χ0) is 14.0. The fourth-order valence-electron chi connectivity index (χ4n) is 1.66. The molecule has 0 aromatic carbocycles. The molecule has 0 atom stereocenters. The quantitative estimate of drug-likeness (QED) is 0.840. The number of thioether (sulfide) groups is 1. The van der Waals surface area contributed by atoms with Gasteiger partial charge < -0.3 is 9.52 Å². The second kappa shape index (κ2) is 5.83. The molecule has 0 fully saturated rings. The van der Waals surface area contributed by atoms with Crippen LogP contribution in [0.2, 0.25) is 0 Å². The third-order valence-corrected chi connectivity index (χ3v) is 4.55. The summed E-state index contributed by atoms with van der Waals surface area (Å²) in [5, 5.41) is 13.8. The van der Waals surface area contributed by atoms with Gasteiger partial charge in [-0.1, -0.05) is 11.8 Å². The fraction of sp³-hybridized carbons (Fsp3) is 0.333. The Morgan fingerprint density at radius 3 is 2.89 bits per heavy atom. The normalized spacial score (nSPS) is 10.9. The molecule has 0 amide bonds. The minimum Gasteiger partial charge on any atom is -0.475 e. The van der Waals surface area contributed by atoms with Crippen molar-refractivity contribution in [2.24, 2.45) is 0 Å². The van der Waals surface area contributed by atoms with Crippen LogP contribution in [-0.4, -0.2) is 20.9 Å². The van der Waals surface area contributed by atoms with Crippen LogP contribution in [0.3, 0.4) is 0 Å². The van der Waals surface area contributed by atoms with Crippen LogP contribution in [-0.2, 0) is 12.3 Å². The standard InChI is InChI=1S/C12H13BrN2O3S/c1-3-15-8(11(13)7(2)14-15)6-19-10-5-4-9(18-10)12(16)17/h4-5H,3,6H2,1-2H3,(H,16,17). The van der Waals surface area contributed by atoms with E-state index in [1.54, 1.807) is 6.07 Å². The van der Waals surface area contributed by atoms with Gasteiger partial charge in [-0.05, 0) is 41.9 Å². The van der Waals surface area contributed by atoms with Gasteiger partial charge in [0, 0.05) is 12.3 Å². The van der Waals surface area contributed by atoms with Gasteiger partial charge >= 0.3 is 5.97 Å². The maximum Gasteiger partial charge on any atom is 0.371 e. The summed E-state index contributed by atoms with van der Waals surface area (Å²) in [6, 6.07) is 3.13. The largest absolute Gasteiger partial charge is 0.475 e. The van der Waals surface area contributed by atoms with Crippen LogP contribution >= 0.6 is 27.7 Å². The first-order valence-electron chi connectivity index (χ1n) is 5.70. The van der Waals surface area contributed by atoms with Crippen LogP contribution in [0, 0.1) is 6.92 Å². The molecule has 2 rings (SSSR count). The first-order valence-corrected chi connectivity index (χ1v) is 7.48. The lowest BCUT2D eigenvalue weighted by atomic mass is 10.4. The molecule has 7 heteroatoms. The minimum absolute atomic E-state index is 0.0401. The molecule has 0 aliphatic heterocycles. The Kier molecular flexibility index (Phi) is 4.36. The Morgan fingerprint density at radius 1 is 1.58 bits per heavy atom. The van der Waals surface area contributed by atoms with Crippen molar-refractivity contribution in [2.75, 3.05) is 0 Å². The number of rotatable bonds is 5. The number of aryl methyl sites for hydroxylation is 2. The van der Waals surface area contributed by atoms with E-state index in [9.17, 15) is 4.79 Å². The van der Waals surface area contributed by atoms with E-state index in [2.05, 4.69) is 21.0 Å². The molecule has 0 bridgehead atoms. The van der Waals surface area contributed by atoms with E-state index in [0.29, 0.717) is 10.8 Å². The monoisotopic (exact) mass is 344 g/mol. The predicted molar refractivity (Wildman–Crippen MR) is 75.6 cm³/mol. The molecule has 0 unspecified atom stereocenters. The van der Waals surface area contributed by atoms with Gasteiger partial charge in [-0.15, -0.1) is 0 Å². The second-order valence-corrected chi connectivity index (χ2v) is 5.65. The summed E-state index contributed by atoms with van der Waals surface area (Å²) in [5.74, 6) is -0.425. The van der Waals surface area contributed by atoms with Crippen molar-refractivity contribution in [2.45, 2.75) is 31.2 Å². The highest BCUT2D eigenvalue weighted by molar-refractivity contribution is 9.10. The van der Waals surface area contributed by atoms with Gasteiger partial charge in [0.05, 0.1) is 15.9 Å². The van der Waals surface area contributed by atoms with Crippen LogP contribution in [0.15, 0.2) is 26.1 Å². The number of nitrogens with zero attached hydrogens (tertiary/aromatic N) is 2. The van der Waals surface area contributed by atoms with E-state index in [0.717, 1.165) is 22.4 Å². The average molecular weight is 345 g/mol. The molecular weight excluding hydrogens is 332 g/mol. The number of aromatic carboxylic acids is 1. The van der Waals surface area contributed by atoms with Gasteiger partial charge in [-0.25, -0.2) is 4.79 Å². The number of aromatic nitrogens is 2. The van der Waals surface area contributed by atoms with Crippen molar-refractivity contribution in [3.05, 3.63) is 33.8 Å². The van der Waals surface area contributed by atoms with Crippen LogP contribution in [0.4, 0.5) is 0 Å². The SMILES string of the molecule is CCn1nc(C)c(Br)c1CSc1ccc(C(=O)O)o1. The van der Waals surface area contributed by atoms with Crippen molar-refractivity contribution in [1.82, 2.24) is 9.78 Å². The van der Waals surface area contributed by atoms with Crippen LogP contribution in [0.1, 0.15) is 28.9 Å². The molecule has 0 saturated heterocycles. The van der Waals surface area contributed by atoms with Crippen LogP contribution in [0.25, 0.3) is 0 Å². The molecule has 1 N–H and O–H groups in total. The van der Waals surface area contributed by atoms with E-state index in [4.69, 9.17) is 9.52 Å². The molecular formula is C12H13BrN2O3S. The number of halogens is 1. The van der Waals surface area contributed by atoms with E-state index in [-0.39, 0.29) is 5.76 Å². The summed E-state index contributed by atoms with van der Waals surface area (Å²) in [6.07, 6.45) is 0. The van der Waals surface area contributed by atoms with Gasteiger partial charge in [-0.3, -0.25) is 4.68 Å². The van der Waals surface area contributed by atoms with Gasteiger partial charge in [0.2, 0.25) is 5.76 Å². The van der Waals surface area contributed by atoms with Crippen molar-refractivity contribution in [3.63, 3.8) is 0 Å². The van der Waals surface area contributed by atoms with E-state index >= 15 is 0 Å². The molecule has 19 heavy (non-hydrogen) atoms. The summed E-state index contributed by atoms with van der Waals surface area (Å²) >= 11 is 4.97. The third kappa shape index (κ3) is 3.03. The third-order valence-electron chi connectivity index (χ3n) is 2.60. The zero-order valence-electron chi connectivity index (χ0n) is 10.5. The molecule has 0 aliphatic carbocycles. The average Bonchev–Trinajstić information content (AvgIpc) is 2.94. The van der Waals surface area contributed by atoms with Crippen molar-refractivity contribution >= 4 is 33.7 Å². The molecule has 0 saturated carbocycles. The number of furan rings is 1. The lowest BCUT2D eigenvalue weighted by Gasteiger charge is -2.03. The molecule has 102 valence electrons. The highest BCUT2D eigenvalue weighted by atomic mass is 79.9. The van der Waals surface area contributed by atoms with Gasteiger partial charge in [-0.2, -0.15) is 5.10 Å². The lowest BCUT2D eigenvalue weighted by Crippen LogP contribution is -2.01. The summed E-state index contributed by atoms with van der Waals surface area (Å²) in [4.78, 5) is 10.7. The summed E-state index contributed by atoms with van der Waals surface area (Å²) in [5.41, 5.74) is 2.02. The fourth-order valence-corrected chi connectivity index (χ4v) is 3.15. The molecule has 5 nitrogen and oxygen atoms in total. The van der Waals surface area contributed by atoms with Gasteiger partial charge in [0.1, 0.15) is 0 Å². The van der Waals surface area contributed by atoms with Crippen LogP contribution < -0.4 is 0 Å². The Hall–Kier alpha value is -1.21. The predicted octanol–water partition coefficient (Wildman–Crippen LogP) is 3.56. The molecule has 2 aromatic heterocycles. The highest BCUT2D eigenvalue weighted by Crippen LogP contribution is 2.30. The Bertz CT molecular complexity index is 606. The lowest BCUT2D eigenvalue weighted by molar-refractivity contribution is 0.0656. The Morgan fingerprint density at radius 2 is 2.32 bits per heavy atom. The number of carbonyl (C=O) groups is 1. The number of hydrogen-bond acceptors (Lipinski definition) is 4. The van der Waals surface area contributed by atoms with E-state index in [1.165, 1.54) is 17.8 Å². The van der Waals surface area contributed by atoms with E-state index < -0.39 is 5.97 Å². The summed E-state index contributed by atoms with van der Waals surface area (Å²) < 4.78 is 8.12. The Balaban J connectivity index is 2.11. The maximum absolute atomic E-state index is 10.7. The van der Waals surface area contributed by atoms with Crippen molar-refractivity contribution in [1.29, 1.82) is 0 Å². The second-order valence-electron chi connectivity index (χ2n) is 3.87. The molecule has 0 spiro atoms. The highest BCUT2D eigenvalue weighted by Gasteiger charge is 2.14. The first kappa shape index (κ1) is 14.2. The number of hydrogen-bond donors (Lipinski definition) is 1. The first-order chi connectivity index (χ1) is 9.02. The van der Waals surface area contributed by atoms with Gasteiger partial charge in [0.25, 0.3) is 0 Å². The number of carboxylic acids is 1. The molecule has 0 radical (unpaired) electrons. The molecule has 2 aromatic rings. The summed E-state index contributed by atoms with van der Waals surface area (Å²) in [7, 11) is 0. The Labute approximate surface area is 123 Å². The van der Waals surface area contributed by atoms with Crippen LogP contribution in [0.5, 0.6) is 0 Å². The molecule has 2 heterocycles. The minimum atomic E-state index is -1.05. The maximum atomic E-state index is 10.7. The smallest absolute Gasteiger partial charge is 0.371 e. The zero-order valence-corrected chi connectivity index (χ0v) is 12.9. The van der Waals surface area contributed by atoms with Crippen molar-refractivity contribution < 1.29 is 14.3 Å². The van der Waals surface area contributed by atoms with Gasteiger partial charge in [0.15, 0.2) is 5.09 Å². The number of carboxylic acid groups (broad SMARTS) is 1. The van der Waals surface area contributed by atoms with Crippen molar-refractivity contribution in [3.8, 4) is 0 Å². The topological polar surface area (TPSA) is 68.3 Å².